The quantitative estimate of drug-likeness (QED) is 0.776. The Hall–Kier alpha value is -2.58. The summed E-state index contributed by atoms with van der Waals surface area (Å²) in [5, 5.41) is 10.0. The van der Waals surface area contributed by atoms with Gasteiger partial charge in [-0.1, -0.05) is 17.3 Å². The Labute approximate surface area is 139 Å². The number of ether oxygens (including phenoxy) is 2. The molecule has 0 aliphatic carbocycles. The van der Waals surface area contributed by atoms with Crippen molar-refractivity contribution in [3.63, 3.8) is 0 Å². The van der Waals surface area contributed by atoms with Crippen molar-refractivity contribution in [1.82, 2.24) is 5.16 Å². The predicted octanol–water partition coefficient (Wildman–Crippen LogP) is 2.47. The molecule has 3 aromatic rings. The number of hydrogen-bond acceptors (Lipinski definition) is 6. The fourth-order valence-electron chi connectivity index (χ4n) is 2.68. The number of sulfonamides is 1. The Kier molecular flexibility index (Phi) is 3.94. The van der Waals surface area contributed by atoms with E-state index < -0.39 is 10.0 Å². The summed E-state index contributed by atoms with van der Waals surface area (Å²) in [7, 11) is -1.04. The molecule has 24 heavy (non-hydrogen) atoms. The van der Waals surface area contributed by atoms with E-state index >= 15 is 0 Å². The van der Waals surface area contributed by atoms with Crippen LogP contribution in [0.1, 0.15) is 5.56 Å². The molecule has 0 fully saturated rings. The number of aromatic nitrogens is 1. The second-order valence-electron chi connectivity index (χ2n) is 5.20. The van der Waals surface area contributed by atoms with Crippen LogP contribution in [-0.4, -0.2) is 27.8 Å². The van der Waals surface area contributed by atoms with Crippen molar-refractivity contribution in [2.45, 2.75) is 11.8 Å². The van der Waals surface area contributed by atoms with Gasteiger partial charge in [0.1, 0.15) is 22.1 Å². The average molecular weight is 348 g/mol. The lowest BCUT2D eigenvalue weighted by molar-refractivity contribution is 0.403. The molecule has 3 rings (SSSR count). The first-order valence-corrected chi connectivity index (χ1v) is 8.56. The molecule has 2 N–H and O–H groups in total. The first-order chi connectivity index (χ1) is 11.4. The lowest BCUT2D eigenvalue weighted by Gasteiger charge is -2.14. The zero-order valence-corrected chi connectivity index (χ0v) is 14.2. The number of nitrogens with two attached hydrogens (primary N) is 1. The molecule has 0 saturated carbocycles. The van der Waals surface area contributed by atoms with Crippen LogP contribution in [0, 0.1) is 6.92 Å². The summed E-state index contributed by atoms with van der Waals surface area (Å²) >= 11 is 0. The number of nitrogens with zero attached hydrogens (tertiary/aromatic N) is 1. The van der Waals surface area contributed by atoms with Crippen LogP contribution in [0.2, 0.25) is 0 Å². The molecule has 1 heterocycles. The van der Waals surface area contributed by atoms with E-state index in [0.29, 0.717) is 28.0 Å². The third-order valence-corrected chi connectivity index (χ3v) is 4.69. The van der Waals surface area contributed by atoms with Crippen LogP contribution in [0.4, 0.5) is 0 Å². The average Bonchev–Trinajstić information content (AvgIpc) is 2.97. The Balaban J connectivity index is 2.43. The van der Waals surface area contributed by atoms with Crippen molar-refractivity contribution in [2.75, 3.05) is 14.2 Å². The van der Waals surface area contributed by atoms with Crippen LogP contribution in [0.25, 0.3) is 22.2 Å². The molecule has 0 bridgehead atoms. The largest absolute Gasteiger partial charge is 0.496 e. The summed E-state index contributed by atoms with van der Waals surface area (Å²) in [5.41, 5.74) is 2.21. The first kappa shape index (κ1) is 16.3. The summed E-state index contributed by atoms with van der Waals surface area (Å²) in [6.07, 6.45) is 0. The van der Waals surface area contributed by atoms with E-state index in [1.807, 2.05) is 6.92 Å². The van der Waals surface area contributed by atoms with Gasteiger partial charge in [0.05, 0.1) is 25.2 Å². The summed E-state index contributed by atoms with van der Waals surface area (Å²) in [4.78, 5) is -0.114. The predicted molar refractivity (Wildman–Crippen MR) is 88.7 cm³/mol. The topological polar surface area (TPSA) is 105 Å². The minimum atomic E-state index is -3.96. The summed E-state index contributed by atoms with van der Waals surface area (Å²) < 4.78 is 39.8. The Morgan fingerprint density at radius 1 is 1.12 bits per heavy atom. The molecular weight excluding hydrogens is 332 g/mol. The number of aryl methyl sites for hydroxylation is 1. The highest BCUT2D eigenvalue weighted by atomic mass is 32.2. The van der Waals surface area contributed by atoms with Gasteiger partial charge in [0.15, 0.2) is 5.58 Å². The molecule has 0 amide bonds. The molecule has 0 aliphatic rings. The lowest BCUT2D eigenvalue weighted by atomic mass is 10.0. The zero-order chi connectivity index (χ0) is 17.5. The van der Waals surface area contributed by atoms with Gasteiger partial charge in [-0.05, 0) is 30.7 Å². The molecule has 0 saturated heterocycles. The number of benzene rings is 2. The molecule has 0 aliphatic heterocycles. The van der Waals surface area contributed by atoms with Crippen molar-refractivity contribution in [3.8, 4) is 22.8 Å². The summed E-state index contributed by atoms with van der Waals surface area (Å²) in [5.74, 6) is 0.685. The molecule has 2 aromatic carbocycles. The molecule has 0 radical (unpaired) electrons. The minimum absolute atomic E-state index is 0.114. The monoisotopic (exact) mass is 348 g/mol. The third-order valence-electron chi connectivity index (χ3n) is 3.76. The van der Waals surface area contributed by atoms with Gasteiger partial charge in [0, 0.05) is 0 Å². The number of methoxy groups -OCH3 is 2. The van der Waals surface area contributed by atoms with E-state index in [1.54, 1.807) is 24.3 Å². The van der Waals surface area contributed by atoms with Crippen molar-refractivity contribution in [2.24, 2.45) is 5.14 Å². The molecule has 8 heteroatoms. The van der Waals surface area contributed by atoms with Crippen LogP contribution >= 0.6 is 0 Å². The highest BCUT2D eigenvalue weighted by Crippen LogP contribution is 2.42. The van der Waals surface area contributed by atoms with E-state index in [9.17, 15) is 8.42 Å². The van der Waals surface area contributed by atoms with Gasteiger partial charge in [-0.3, -0.25) is 0 Å². The van der Waals surface area contributed by atoms with E-state index in [0.717, 1.165) is 5.56 Å². The van der Waals surface area contributed by atoms with E-state index in [2.05, 4.69) is 5.16 Å². The standard InChI is InChI=1S/C16H16N2O5S/c1-9-7-8-12(24(17,19)20)16(22-3)13(9)15-14-10(21-2)5-4-6-11(14)23-18-15/h4-8H,1-3H3,(H2,17,19,20). The normalized spacial score (nSPS) is 11.7. The van der Waals surface area contributed by atoms with Gasteiger partial charge in [-0.15, -0.1) is 0 Å². The second-order valence-corrected chi connectivity index (χ2v) is 6.73. The Morgan fingerprint density at radius 3 is 2.50 bits per heavy atom. The highest BCUT2D eigenvalue weighted by Gasteiger charge is 2.25. The van der Waals surface area contributed by atoms with Gasteiger partial charge in [-0.25, -0.2) is 13.6 Å². The number of rotatable bonds is 4. The van der Waals surface area contributed by atoms with Crippen molar-refractivity contribution in [3.05, 3.63) is 35.9 Å². The number of hydrogen-bond donors (Lipinski definition) is 1. The SMILES string of the molecule is COc1c(S(N)(=O)=O)ccc(C)c1-c1noc2cccc(OC)c12. The molecule has 126 valence electrons. The molecule has 0 spiro atoms. The van der Waals surface area contributed by atoms with Gasteiger partial charge in [0.25, 0.3) is 0 Å². The van der Waals surface area contributed by atoms with Gasteiger partial charge >= 0.3 is 0 Å². The Bertz CT molecular complexity index is 1020. The van der Waals surface area contributed by atoms with Gasteiger partial charge < -0.3 is 14.0 Å². The second kappa shape index (κ2) is 5.81. The van der Waals surface area contributed by atoms with Gasteiger partial charge in [-0.2, -0.15) is 0 Å². The number of primary sulfonamides is 1. The van der Waals surface area contributed by atoms with Crippen LogP contribution in [0.3, 0.4) is 0 Å². The first-order valence-electron chi connectivity index (χ1n) is 7.01. The lowest BCUT2D eigenvalue weighted by Crippen LogP contribution is -2.14. The summed E-state index contributed by atoms with van der Waals surface area (Å²) in [6.45, 7) is 1.82. The van der Waals surface area contributed by atoms with Gasteiger partial charge in [0.2, 0.25) is 10.0 Å². The smallest absolute Gasteiger partial charge is 0.241 e. The van der Waals surface area contributed by atoms with Crippen LogP contribution in [-0.2, 0) is 10.0 Å². The van der Waals surface area contributed by atoms with E-state index in [1.165, 1.54) is 20.3 Å². The fourth-order valence-corrected chi connectivity index (χ4v) is 3.39. The van der Waals surface area contributed by atoms with Crippen molar-refractivity contribution < 1.29 is 22.4 Å². The fraction of sp³-hybridized carbons (Fsp3) is 0.188. The maximum Gasteiger partial charge on any atom is 0.241 e. The highest BCUT2D eigenvalue weighted by molar-refractivity contribution is 7.89. The van der Waals surface area contributed by atoms with Crippen molar-refractivity contribution in [1.29, 1.82) is 0 Å². The van der Waals surface area contributed by atoms with Crippen LogP contribution in [0.15, 0.2) is 39.8 Å². The maximum absolute atomic E-state index is 11.9. The molecule has 0 atom stereocenters. The van der Waals surface area contributed by atoms with E-state index in [4.69, 9.17) is 19.1 Å². The molecular formula is C16H16N2O5S. The van der Waals surface area contributed by atoms with Crippen LogP contribution in [0.5, 0.6) is 11.5 Å². The number of fused-ring (bicyclic) bond motifs is 1. The molecule has 1 aromatic heterocycles. The summed E-state index contributed by atoms with van der Waals surface area (Å²) in [6, 6.07) is 8.36. The van der Waals surface area contributed by atoms with Crippen molar-refractivity contribution >= 4 is 21.0 Å². The molecule has 7 nitrogen and oxygen atoms in total. The third kappa shape index (κ3) is 2.49. The van der Waals surface area contributed by atoms with Crippen LogP contribution < -0.4 is 14.6 Å². The Morgan fingerprint density at radius 2 is 1.88 bits per heavy atom. The molecule has 0 unspecified atom stereocenters. The van der Waals surface area contributed by atoms with E-state index in [-0.39, 0.29) is 10.6 Å². The zero-order valence-electron chi connectivity index (χ0n) is 13.4. The maximum atomic E-state index is 11.9. The minimum Gasteiger partial charge on any atom is -0.496 e.